The molecule has 1 rings (SSSR count). The maximum Gasteiger partial charge on any atom is 0.261 e. The van der Waals surface area contributed by atoms with Crippen molar-refractivity contribution in [1.82, 2.24) is 0 Å². The molecule has 0 fully saturated rings. The van der Waals surface area contributed by atoms with E-state index in [1.807, 2.05) is 0 Å². The molecule has 0 aromatic carbocycles. The van der Waals surface area contributed by atoms with Gasteiger partial charge in [-0.05, 0) is 24.3 Å². The van der Waals surface area contributed by atoms with Gasteiger partial charge in [0.2, 0.25) is 0 Å². The van der Waals surface area contributed by atoms with E-state index in [0.29, 0.717) is 5.76 Å². The van der Waals surface area contributed by atoms with Crippen molar-refractivity contribution in [3.8, 4) is 6.07 Å². The maximum absolute atomic E-state index is 8.39. The number of nitrogens with zero attached hydrogens (tertiary/aromatic N) is 2. The molecule has 0 radical (unpaired) electrons. The fourth-order valence-electron chi connectivity index (χ4n) is 0.720. The van der Waals surface area contributed by atoms with Crippen LogP contribution in [0.2, 0.25) is 0 Å². The first kappa shape index (κ1) is 8.83. The minimum absolute atomic E-state index is 0.0582. The van der Waals surface area contributed by atoms with Crippen molar-refractivity contribution in [3.63, 3.8) is 0 Å². The smallest absolute Gasteiger partial charge is 0.261 e. The first-order valence-electron chi connectivity index (χ1n) is 3.56. The van der Waals surface area contributed by atoms with Gasteiger partial charge in [0.15, 0.2) is 0 Å². The van der Waals surface area contributed by atoms with Gasteiger partial charge in [-0.2, -0.15) is 0 Å². The van der Waals surface area contributed by atoms with E-state index in [2.05, 4.69) is 4.85 Å². The van der Waals surface area contributed by atoms with Crippen LogP contribution in [0.15, 0.2) is 40.7 Å². The highest BCUT2D eigenvalue weighted by atomic mass is 16.3. The minimum atomic E-state index is 0.0582. The Balaban J connectivity index is 2.67. The van der Waals surface area contributed by atoms with Gasteiger partial charge in [0.1, 0.15) is 5.76 Å². The highest BCUT2D eigenvalue weighted by molar-refractivity contribution is 5.47. The fraction of sp³-hybridized carbons (Fsp3) is 0. The summed E-state index contributed by atoms with van der Waals surface area (Å²) in [5.74, 6) is 0.693. The zero-order chi connectivity index (χ0) is 9.52. The predicted octanol–water partition coefficient (Wildman–Crippen LogP) is 2.62. The monoisotopic (exact) mass is 170 g/mol. The van der Waals surface area contributed by atoms with Crippen LogP contribution in [0, 0.1) is 17.9 Å². The minimum Gasteiger partial charge on any atom is -0.465 e. The Labute approximate surface area is 76.0 Å². The van der Waals surface area contributed by atoms with Gasteiger partial charge in [0, 0.05) is 0 Å². The van der Waals surface area contributed by atoms with Gasteiger partial charge >= 0.3 is 0 Å². The number of furan rings is 1. The van der Waals surface area contributed by atoms with Crippen molar-refractivity contribution >= 4 is 6.08 Å². The second kappa shape index (κ2) is 4.58. The Morgan fingerprint density at radius 1 is 1.69 bits per heavy atom. The molecule has 0 N–H and O–H groups in total. The molecule has 13 heavy (non-hydrogen) atoms. The van der Waals surface area contributed by atoms with E-state index in [-0.39, 0.29) is 5.70 Å². The van der Waals surface area contributed by atoms with Gasteiger partial charge in [-0.1, -0.05) is 6.08 Å². The van der Waals surface area contributed by atoms with E-state index in [0.717, 1.165) is 0 Å². The summed E-state index contributed by atoms with van der Waals surface area (Å²) in [6.45, 7) is 6.59. The van der Waals surface area contributed by atoms with Gasteiger partial charge in [-0.3, -0.25) is 0 Å². The van der Waals surface area contributed by atoms with E-state index in [4.69, 9.17) is 16.3 Å². The molecule has 0 aliphatic carbocycles. The third kappa shape index (κ3) is 2.69. The standard InChI is InChI=1S/C10H6N2O/c1-12-9(8-11)4-2-5-10-6-3-7-13-10/h2-7H/b5-2+,9-4-. The molecule has 0 bridgehead atoms. The Kier molecular flexibility index (Phi) is 3.11. The molecule has 1 aromatic heterocycles. The van der Waals surface area contributed by atoms with Crippen molar-refractivity contribution in [1.29, 1.82) is 5.26 Å². The van der Waals surface area contributed by atoms with E-state index in [9.17, 15) is 0 Å². The van der Waals surface area contributed by atoms with E-state index in [1.165, 1.54) is 6.08 Å². The molecule has 3 nitrogen and oxygen atoms in total. The fourth-order valence-corrected chi connectivity index (χ4v) is 0.720. The summed E-state index contributed by atoms with van der Waals surface area (Å²) in [5.41, 5.74) is 0.0582. The Morgan fingerprint density at radius 2 is 2.54 bits per heavy atom. The Morgan fingerprint density at radius 3 is 3.08 bits per heavy atom. The quantitative estimate of drug-likeness (QED) is 0.389. The average molecular weight is 170 g/mol. The third-order valence-corrected chi connectivity index (χ3v) is 1.29. The highest BCUT2D eigenvalue weighted by Gasteiger charge is 1.88. The summed E-state index contributed by atoms with van der Waals surface area (Å²) in [5, 5.41) is 8.39. The van der Waals surface area contributed by atoms with E-state index in [1.54, 1.807) is 36.6 Å². The van der Waals surface area contributed by atoms with E-state index >= 15 is 0 Å². The largest absolute Gasteiger partial charge is 0.465 e. The van der Waals surface area contributed by atoms with Crippen LogP contribution < -0.4 is 0 Å². The Hall–Kier alpha value is -2.26. The lowest BCUT2D eigenvalue weighted by Crippen LogP contribution is -1.64. The number of hydrogen-bond acceptors (Lipinski definition) is 2. The average Bonchev–Trinajstić information content (AvgIpc) is 2.65. The van der Waals surface area contributed by atoms with Crippen LogP contribution in [0.3, 0.4) is 0 Å². The van der Waals surface area contributed by atoms with Crippen LogP contribution in [0.1, 0.15) is 5.76 Å². The van der Waals surface area contributed by atoms with Gasteiger partial charge in [0.05, 0.1) is 18.9 Å². The highest BCUT2D eigenvalue weighted by Crippen LogP contribution is 2.03. The van der Waals surface area contributed by atoms with Crippen molar-refractivity contribution in [2.24, 2.45) is 0 Å². The first-order chi connectivity index (χ1) is 6.36. The summed E-state index contributed by atoms with van der Waals surface area (Å²) < 4.78 is 5.01. The second-order valence-corrected chi connectivity index (χ2v) is 2.15. The van der Waals surface area contributed by atoms with Gasteiger partial charge in [0.25, 0.3) is 5.70 Å². The maximum atomic E-state index is 8.39. The van der Waals surface area contributed by atoms with Crippen LogP contribution in [0.5, 0.6) is 0 Å². The third-order valence-electron chi connectivity index (χ3n) is 1.29. The zero-order valence-corrected chi connectivity index (χ0v) is 6.77. The topological polar surface area (TPSA) is 41.3 Å². The van der Waals surface area contributed by atoms with Crippen molar-refractivity contribution in [3.05, 3.63) is 53.4 Å². The summed E-state index contributed by atoms with van der Waals surface area (Å²) in [7, 11) is 0. The van der Waals surface area contributed by atoms with Crippen LogP contribution in [-0.4, -0.2) is 0 Å². The molecular formula is C10H6N2O. The summed E-state index contributed by atoms with van der Waals surface area (Å²) in [6, 6.07) is 5.31. The van der Waals surface area contributed by atoms with Crippen LogP contribution in [-0.2, 0) is 0 Å². The SMILES string of the molecule is [C-]#[N+]/C(C#N)=C\C=C\c1ccco1. The molecule has 1 aromatic rings. The lowest BCUT2D eigenvalue weighted by molar-refractivity contribution is 0.557. The van der Waals surface area contributed by atoms with E-state index < -0.39 is 0 Å². The van der Waals surface area contributed by atoms with Crippen LogP contribution in [0.4, 0.5) is 0 Å². The molecule has 0 unspecified atom stereocenters. The molecule has 0 saturated heterocycles. The first-order valence-corrected chi connectivity index (χ1v) is 3.56. The van der Waals surface area contributed by atoms with Gasteiger partial charge < -0.3 is 4.42 Å². The number of allylic oxidation sites excluding steroid dienone is 3. The van der Waals surface area contributed by atoms with Crippen molar-refractivity contribution in [2.45, 2.75) is 0 Å². The lowest BCUT2D eigenvalue weighted by Gasteiger charge is -1.80. The molecule has 0 saturated carbocycles. The molecule has 0 amide bonds. The van der Waals surface area contributed by atoms with Crippen molar-refractivity contribution < 1.29 is 4.42 Å². The lowest BCUT2D eigenvalue weighted by atomic mass is 10.3. The molecule has 0 atom stereocenters. The van der Waals surface area contributed by atoms with Crippen molar-refractivity contribution in [2.75, 3.05) is 0 Å². The Bertz CT molecular complexity index is 383. The summed E-state index contributed by atoms with van der Waals surface area (Å²) >= 11 is 0. The van der Waals surface area contributed by atoms with Gasteiger partial charge in [-0.15, -0.1) is 0 Å². The van der Waals surface area contributed by atoms with Gasteiger partial charge in [-0.25, -0.2) is 10.1 Å². The number of nitriles is 1. The summed E-state index contributed by atoms with van der Waals surface area (Å²) in [6.07, 6.45) is 6.29. The molecule has 0 aliphatic heterocycles. The molecule has 1 heterocycles. The predicted molar refractivity (Wildman–Crippen MR) is 48.0 cm³/mol. The zero-order valence-electron chi connectivity index (χ0n) is 6.77. The second-order valence-electron chi connectivity index (χ2n) is 2.15. The molecular weight excluding hydrogens is 164 g/mol. The molecule has 0 spiro atoms. The number of rotatable bonds is 2. The van der Waals surface area contributed by atoms with Crippen LogP contribution in [0.25, 0.3) is 10.9 Å². The normalized spacial score (nSPS) is 11.1. The molecule has 3 heteroatoms. The van der Waals surface area contributed by atoms with Crippen LogP contribution >= 0.6 is 0 Å². The molecule has 62 valence electrons. The number of hydrogen-bond donors (Lipinski definition) is 0. The molecule has 0 aliphatic rings. The summed E-state index contributed by atoms with van der Waals surface area (Å²) in [4.78, 5) is 2.99.